The number of amides is 1. The van der Waals surface area contributed by atoms with E-state index >= 15 is 0 Å². The number of ether oxygens (including phenoxy) is 1. The fourth-order valence-electron chi connectivity index (χ4n) is 2.19. The van der Waals surface area contributed by atoms with Crippen molar-refractivity contribution in [2.45, 2.75) is 24.3 Å². The lowest BCUT2D eigenvalue weighted by molar-refractivity contribution is -0.121. The molecule has 6 heteroatoms. The Morgan fingerprint density at radius 1 is 1.00 bits per heavy atom. The maximum Gasteiger partial charge on any atom is 0.220 e. The fraction of sp³-hybridized carbons (Fsp3) is 0.278. The minimum absolute atomic E-state index is 0.0435. The maximum atomic E-state index is 11.9. The summed E-state index contributed by atoms with van der Waals surface area (Å²) in [6.07, 6.45) is 2.22. The van der Waals surface area contributed by atoms with Crippen LogP contribution in [0.5, 0.6) is 5.75 Å². The van der Waals surface area contributed by atoms with Crippen molar-refractivity contribution in [2.75, 3.05) is 13.4 Å². The summed E-state index contributed by atoms with van der Waals surface area (Å²) in [6, 6.07) is 14.1. The standard InChI is InChI=1S/C18H21NO4S/c1-23-16-8-3-14(4-9-16)7-12-18(20)19-13-15-5-10-17(11-6-15)24(2,21)22/h3-6,8-11H,7,12-13H2,1-2H3,(H,19,20). The van der Waals surface area contributed by atoms with Gasteiger partial charge < -0.3 is 10.1 Å². The summed E-state index contributed by atoms with van der Waals surface area (Å²) < 4.78 is 27.9. The highest BCUT2D eigenvalue weighted by molar-refractivity contribution is 7.90. The van der Waals surface area contributed by atoms with Crippen molar-refractivity contribution in [3.05, 3.63) is 59.7 Å². The molecule has 0 aliphatic heterocycles. The van der Waals surface area contributed by atoms with Crippen molar-refractivity contribution in [3.8, 4) is 5.75 Å². The third-order valence-electron chi connectivity index (χ3n) is 3.64. The Bertz CT molecular complexity index is 781. The monoisotopic (exact) mass is 347 g/mol. The number of hydrogen-bond donors (Lipinski definition) is 1. The third kappa shape index (κ3) is 5.38. The number of aryl methyl sites for hydroxylation is 1. The highest BCUT2D eigenvalue weighted by atomic mass is 32.2. The Kier molecular flexibility index (Phi) is 5.98. The molecule has 24 heavy (non-hydrogen) atoms. The van der Waals surface area contributed by atoms with Crippen LogP contribution in [0.3, 0.4) is 0 Å². The average Bonchev–Trinajstić information content (AvgIpc) is 2.58. The summed E-state index contributed by atoms with van der Waals surface area (Å²) in [6.45, 7) is 0.380. The highest BCUT2D eigenvalue weighted by Gasteiger charge is 2.07. The quantitative estimate of drug-likeness (QED) is 0.834. The molecule has 0 heterocycles. The zero-order valence-electron chi connectivity index (χ0n) is 13.8. The van der Waals surface area contributed by atoms with Gasteiger partial charge in [-0.05, 0) is 41.8 Å². The molecule has 0 fully saturated rings. The fourth-order valence-corrected chi connectivity index (χ4v) is 2.82. The van der Waals surface area contributed by atoms with Crippen LogP contribution in [0.2, 0.25) is 0 Å². The van der Waals surface area contributed by atoms with E-state index in [9.17, 15) is 13.2 Å². The average molecular weight is 347 g/mol. The first-order valence-corrected chi connectivity index (χ1v) is 9.46. The number of methoxy groups -OCH3 is 1. The Morgan fingerprint density at radius 3 is 2.12 bits per heavy atom. The molecule has 0 atom stereocenters. The van der Waals surface area contributed by atoms with Gasteiger partial charge in [-0.1, -0.05) is 24.3 Å². The maximum absolute atomic E-state index is 11.9. The van der Waals surface area contributed by atoms with Crippen LogP contribution in [0.1, 0.15) is 17.5 Å². The second kappa shape index (κ2) is 7.97. The summed E-state index contributed by atoms with van der Waals surface area (Å²) in [4.78, 5) is 12.2. The molecule has 1 N–H and O–H groups in total. The number of carbonyl (C=O) groups excluding carboxylic acids is 1. The van der Waals surface area contributed by atoms with Crippen LogP contribution in [0.15, 0.2) is 53.4 Å². The summed E-state index contributed by atoms with van der Waals surface area (Å²) in [5, 5.41) is 2.84. The second-order valence-electron chi connectivity index (χ2n) is 5.54. The molecule has 0 aliphatic rings. The van der Waals surface area contributed by atoms with Crippen LogP contribution >= 0.6 is 0 Å². The first-order valence-electron chi connectivity index (χ1n) is 7.57. The number of sulfone groups is 1. The molecule has 0 unspecified atom stereocenters. The van der Waals surface area contributed by atoms with Crippen molar-refractivity contribution in [1.29, 1.82) is 0 Å². The summed E-state index contributed by atoms with van der Waals surface area (Å²) in [7, 11) is -1.58. The Labute approximate surface area is 142 Å². The number of nitrogens with one attached hydrogen (secondary N) is 1. The number of hydrogen-bond acceptors (Lipinski definition) is 4. The molecule has 0 saturated carbocycles. The molecule has 0 aliphatic carbocycles. The zero-order valence-corrected chi connectivity index (χ0v) is 14.6. The summed E-state index contributed by atoms with van der Waals surface area (Å²) in [5.41, 5.74) is 1.93. The van der Waals surface area contributed by atoms with E-state index in [2.05, 4.69) is 5.32 Å². The van der Waals surface area contributed by atoms with Crippen molar-refractivity contribution in [2.24, 2.45) is 0 Å². The summed E-state index contributed by atoms with van der Waals surface area (Å²) >= 11 is 0. The highest BCUT2D eigenvalue weighted by Crippen LogP contribution is 2.13. The van der Waals surface area contributed by atoms with Gasteiger partial charge in [0.05, 0.1) is 12.0 Å². The molecule has 2 aromatic carbocycles. The predicted octanol–water partition coefficient (Wildman–Crippen LogP) is 2.35. The number of carbonyl (C=O) groups is 1. The van der Waals surface area contributed by atoms with E-state index in [1.807, 2.05) is 24.3 Å². The van der Waals surface area contributed by atoms with Gasteiger partial charge in [0.15, 0.2) is 9.84 Å². The van der Waals surface area contributed by atoms with Gasteiger partial charge in [0.2, 0.25) is 5.91 Å². The van der Waals surface area contributed by atoms with Crippen LogP contribution in [0, 0.1) is 0 Å². The van der Waals surface area contributed by atoms with E-state index in [4.69, 9.17) is 4.74 Å². The van der Waals surface area contributed by atoms with Gasteiger partial charge >= 0.3 is 0 Å². The Hall–Kier alpha value is -2.34. The molecule has 0 aromatic heterocycles. The van der Waals surface area contributed by atoms with Crippen molar-refractivity contribution < 1.29 is 17.9 Å². The normalized spacial score (nSPS) is 11.1. The van der Waals surface area contributed by atoms with Gasteiger partial charge in [0.1, 0.15) is 5.75 Å². The van der Waals surface area contributed by atoms with Gasteiger partial charge in [0.25, 0.3) is 0 Å². The van der Waals surface area contributed by atoms with Crippen molar-refractivity contribution in [3.63, 3.8) is 0 Å². The molecule has 1 amide bonds. The van der Waals surface area contributed by atoms with Gasteiger partial charge in [0, 0.05) is 19.2 Å². The molecule has 0 spiro atoms. The molecule has 5 nitrogen and oxygen atoms in total. The van der Waals surface area contributed by atoms with Crippen LogP contribution in [-0.2, 0) is 27.6 Å². The molecule has 2 rings (SSSR count). The van der Waals surface area contributed by atoms with E-state index in [1.54, 1.807) is 31.4 Å². The zero-order chi connectivity index (χ0) is 17.6. The largest absolute Gasteiger partial charge is 0.497 e. The topological polar surface area (TPSA) is 72.5 Å². The van der Waals surface area contributed by atoms with Gasteiger partial charge in [-0.2, -0.15) is 0 Å². The SMILES string of the molecule is COc1ccc(CCC(=O)NCc2ccc(S(C)(=O)=O)cc2)cc1. The van der Waals surface area contributed by atoms with Crippen LogP contribution in [-0.4, -0.2) is 27.7 Å². The minimum Gasteiger partial charge on any atom is -0.497 e. The van der Waals surface area contributed by atoms with Crippen molar-refractivity contribution >= 4 is 15.7 Å². The van der Waals surface area contributed by atoms with E-state index in [-0.39, 0.29) is 10.8 Å². The molecular formula is C18H21NO4S. The lowest BCUT2D eigenvalue weighted by Crippen LogP contribution is -2.23. The molecule has 0 radical (unpaired) electrons. The molecule has 0 saturated heterocycles. The van der Waals surface area contributed by atoms with Crippen molar-refractivity contribution in [1.82, 2.24) is 5.32 Å². The smallest absolute Gasteiger partial charge is 0.220 e. The lowest BCUT2D eigenvalue weighted by Gasteiger charge is -2.07. The number of rotatable bonds is 7. The van der Waals surface area contributed by atoms with E-state index in [0.717, 1.165) is 16.9 Å². The van der Waals surface area contributed by atoms with Crippen LogP contribution in [0.25, 0.3) is 0 Å². The van der Waals surface area contributed by atoms with Gasteiger partial charge in [-0.25, -0.2) is 8.42 Å². The van der Waals surface area contributed by atoms with Gasteiger partial charge in [-0.15, -0.1) is 0 Å². The summed E-state index contributed by atoms with van der Waals surface area (Å²) in [5.74, 6) is 0.749. The minimum atomic E-state index is -3.19. The Balaban J connectivity index is 1.80. The predicted molar refractivity (Wildman–Crippen MR) is 92.7 cm³/mol. The molecule has 2 aromatic rings. The third-order valence-corrected chi connectivity index (χ3v) is 4.77. The lowest BCUT2D eigenvalue weighted by atomic mass is 10.1. The molecule has 0 bridgehead atoms. The van der Waals surface area contributed by atoms with E-state index < -0.39 is 9.84 Å². The van der Waals surface area contributed by atoms with E-state index in [0.29, 0.717) is 19.4 Å². The molecule has 128 valence electrons. The van der Waals surface area contributed by atoms with Gasteiger partial charge in [-0.3, -0.25) is 4.79 Å². The Morgan fingerprint density at radius 2 is 1.58 bits per heavy atom. The first-order chi connectivity index (χ1) is 11.4. The number of benzene rings is 2. The van der Waals surface area contributed by atoms with Crippen LogP contribution < -0.4 is 10.1 Å². The van der Waals surface area contributed by atoms with E-state index in [1.165, 1.54) is 6.26 Å². The second-order valence-corrected chi connectivity index (χ2v) is 7.56. The molecular weight excluding hydrogens is 326 g/mol. The first kappa shape index (κ1) is 18.0. The van der Waals surface area contributed by atoms with Crippen LogP contribution in [0.4, 0.5) is 0 Å².